The summed E-state index contributed by atoms with van der Waals surface area (Å²) >= 11 is 6.25. The fraction of sp³-hybridized carbons (Fsp3) is 0.130. The number of para-hydroxylation sites is 1. The number of hydrogen-bond donors (Lipinski definition) is 2. The Bertz CT molecular complexity index is 1330. The van der Waals surface area contributed by atoms with Crippen molar-refractivity contribution in [3.05, 3.63) is 82.9 Å². The van der Waals surface area contributed by atoms with Crippen molar-refractivity contribution in [2.24, 2.45) is 5.73 Å². The smallest absolute Gasteiger partial charge is 0.264 e. The van der Waals surface area contributed by atoms with Crippen molar-refractivity contribution >= 4 is 44.8 Å². The second-order valence-corrected chi connectivity index (χ2v) is 9.60. The molecule has 3 aromatic carbocycles. The van der Waals surface area contributed by atoms with Gasteiger partial charge in [-0.15, -0.1) is 0 Å². The highest BCUT2D eigenvalue weighted by Gasteiger charge is 2.31. The third kappa shape index (κ3) is 4.79. The van der Waals surface area contributed by atoms with E-state index in [0.717, 1.165) is 5.56 Å². The first kappa shape index (κ1) is 22.6. The standard InChI is InChI=1S/C23H20ClN3O5S/c24-19-13-18(33(30,31)27-12-11-15-3-1-2-4-20(15)27)9-10-21(19)32-14-22(28)26-17-7-5-16(6-8-17)23(25)29/h1-10,13H,11-12,14H2,(H2,25,29)(H,26,28). The van der Waals surface area contributed by atoms with Crippen molar-refractivity contribution in [3.63, 3.8) is 0 Å². The normalized spacial score (nSPS) is 12.8. The van der Waals surface area contributed by atoms with Gasteiger partial charge in [-0.1, -0.05) is 29.8 Å². The number of rotatable bonds is 7. The number of halogens is 1. The zero-order chi connectivity index (χ0) is 23.6. The van der Waals surface area contributed by atoms with E-state index in [1.54, 1.807) is 24.3 Å². The van der Waals surface area contributed by atoms with Crippen molar-refractivity contribution in [2.75, 3.05) is 22.8 Å². The topological polar surface area (TPSA) is 119 Å². The molecule has 0 radical (unpaired) electrons. The van der Waals surface area contributed by atoms with Crippen LogP contribution in [0.5, 0.6) is 5.75 Å². The van der Waals surface area contributed by atoms with Gasteiger partial charge in [0.15, 0.2) is 6.61 Å². The molecular weight excluding hydrogens is 466 g/mol. The van der Waals surface area contributed by atoms with Crippen LogP contribution >= 0.6 is 11.6 Å². The van der Waals surface area contributed by atoms with Gasteiger partial charge in [0.1, 0.15) is 5.75 Å². The van der Waals surface area contributed by atoms with E-state index in [9.17, 15) is 18.0 Å². The molecule has 0 bridgehead atoms. The summed E-state index contributed by atoms with van der Waals surface area (Å²) < 4.78 is 33.1. The molecule has 0 aromatic heterocycles. The monoisotopic (exact) mass is 485 g/mol. The minimum Gasteiger partial charge on any atom is -0.482 e. The van der Waals surface area contributed by atoms with Crippen LogP contribution in [0, 0.1) is 0 Å². The van der Waals surface area contributed by atoms with Crippen LogP contribution in [-0.2, 0) is 21.2 Å². The quantitative estimate of drug-likeness (QED) is 0.532. The molecule has 0 unspecified atom stereocenters. The van der Waals surface area contributed by atoms with Crippen molar-refractivity contribution in [2.45, 2.75) is 11.3 Å². The number of anilines is 2. The molecule has 0 saturated carbocycles. The first-order valence-electron chi connectivity index (χ1n) is 9.98. The van der Waals surface area contributed by atoms with Crippen LogP contribution in [0.4, 0.5) is 11.4 Å². The average molecular weight is 486 g/mol. The third-order valence-electron chi connectivity index (χ3n) is 5.15. The maximum absolute atomic E-state index is 13.1. The van der Waals surface area contributed by atoms with E-state index in [4.69, 9.17) is 22.1 Å². The summed E-state index contributed by atoms with van der Waals surface area (Å²) in [5.74, 6) is -0.842. The van der Waals surface area contributed by atoms with Gasteiger partial charge in [-0.25, -0.2) is 8.42 Å². The highest BCUT2D eigenvalue weighted by molar-refractivity contribution is 7.92. The van der Waals surface area contributed by atoms with Crippen LogP contribution in [0.15, 0.2) is 71.6 Å². The lowest BCUT2D eigenvalue weighted by Gasteiger charge is -2.20. The highest BCUT2D eigenvalue weighted by atomic mass is 35.5. The molecule has 0 aliphatic carbocycles. The van der Waals surface area contributed by atoms with Gasteiger partial charge in [-0.05, 0) is 60.5 Å². The summed E-state index contributed by atoms with van der Waals surface area (Å²) in [6.45, 7) is 0.0149. The zero-order valence-corrected chi connectivity index (χ0v) is 18.9. The number of nitrogens with zero attached hydrogens (tertiary/aromatic N) is 1. The average Bonchev–Trinajstić information content (AvgIpc) is 3.23. The summed E-state index contributed by atoms with van der Waals surface area (Å²) in [4.78, 5) is 23.3. The molecule has 3 aromatic rings. The Kier molecular flexibility index (Phi) is 6.26. The summed E-state index contributed by atoms with van der Waals surface area (Å²) in [6.07, 6.45) is 0.644. The van der Waals surface area contributed by atoms with E-state index < -0.39 is 21.8 Å². The van der Waals surface area contributed by atoms with Gasteiger partial charge >= 0.3 is 0 Å². The minimum absolute atomic E-state index is 0.0375. The van der Waals surface area contributed by atoms with E-state index in [1.807, 2.05) is 12.1 Å². The van der Waals surface area contributed by atoms with Gasteiger partial charge in [-0.2, -0.15) is 0 Å². The summed E-state index contributed by atoms with van der Waals surface area (Å²) in [7, 11) is -3.79. The fourth-order valence-electron chi connectivity index (χ4n) is 3.50. The predicted molar refractivity (Wildman–Crippen MR) is 125 cm³/mol. The van der Waals surface area contributed by atoms with Crippen LogP contribution in [0.2, 0.25) is 5.02 Å². The predicted octanol–water partition coefficient (Wildman–Crippen LogP) is 3.21. The Morgan fingerprint density at radius 3 is 2.48 bits per heavy atom. The molecule has 0 spiro atoms. The second kappa shape index (κ2) is 9.13. The number of sulfonamides is 1. The van der Waals surface area contributed by atoms with Crippen molar-refractivity contribution in [1.29, 1.82) is 0 Å². The molecule has 0 atom stereocenters. The summed E-state index contributed by atoms with van der Waals surface area (Å²) in [6, 6.07) is 17.6. The van der Waals surface area contributed by atoms with Crippen LogP contribution in [-0.4, -0.2) is 33.4 Å². The van der Waals surface area contributed by atoms with E-state index in [0.29, 0.717) is 29.9 Å². The molecular formula is C23H20ClN3O5S. The SMILES string of the molecule is NC(=O)c1ccc(NC(=O)COc2ccc(S(=O)(=O)N3CCc4ccccc43)cc2Cl)cc1. The van der Waals surface area contributed by atoms with Crippen LogP contribution < -0.4 is 20.1 Å². The molecule has 3 N–H and O–H groups in total. The molecule has 1 heterocycles. The van der Waals surface area contributed by atoms with Crippen LogP contribution in [0.25, 0.3) is 0 Å². The maximum Gasteiger partial charge on any atom is 0.264 e. The fourth-order valence-corrected chi connectivity index (χ4v) is 5.33. The molecule has 0 saturated heterocycles. The lowest BCUT2D eigenvalue weighted by atomic mass is 10.2. The number of amides is 2. The molecule has 8 nitrogen and oxygen atoms in total. The number of ether oxygens (including phenoxy) is 1. The van der Waals surface area contributed by atoms with Crippen LogP contribution in [0.1, 0.15) is 15.9 Å². The Morgan fingerprint density at radius 2 is 1.79 bits per heavy atom. The van der Waals surface area contributed by atoms with Crippen molar-refractivity contribution in [1.82, 2.24) is 0 Å². The highest BCUT2D eigenvalue weighted by Crippen LogP contribution is 2.35. The zero-order valence-electron chi connectivity index (χ0n) is 17.3. The number of nitrogens with two attached hydrogens (primary N) is 1. The number of benzene rings is 3. The Balaban J connectivity index is 1.41. The molecule has 4 rings (SSSR count). The molecule has 1 aliphatic heterocycles. The number of nitrogens with one attached hydrogen (secondary N) is 1. The summed E-state index contributed by atoms with van der Waals surface area (Å²) in [5.41, 5.74) is 7.61. The van der Waals surface area contributed by atoms with Gasteiger partial charge in [0.05, 0.1) is 15.6 Å². The van der Waals surface area contributed by atoms with Crippen molar-refractivity contribution in [3.8, 4) is 5.75 Å². The number of carbonyl (C=O) groups is 2. The Hall–Kier alpha value is -3.56. The van der Waals surface area contributed by atoms with Gasteiger partial charge < -0.3 is 15.8 Å². The van der Waals surface area contributed by atoms with Crippen LogP contribution in [0.3, 0.4) is 0 Å². The number of hydrogen-bond acceptors (Lipinski definition) is 5. The third-order valence-corrected chi connectivity index (χ3v) is 7.25. The molecule has 10 heteroatoms. The maximum atomic E-state index is 13.1. The molecule has 170 valence electrons. The first-order chi connectivity index (χ1) is 15.8. The number of primary amides is 1. The second-order valence-electron chi connectivity index (χ2n) is 7.33. The summed E-state index contributed by atoms with van der Waals surface area (Å²) in [5, 5.41) is 2.69. The lowest BCUT2D eigenvalue weighted by Crippen LogP contribution is -2.29. The molecule has 33 heavy (non-hydrogen) atoms. The van der Waals surface area contributed by atoms with E-state index in [1.165, 1.54) is 34.6 Å². The largest absolute Gasteiger partial charge is 0.482 e. The Labute approximate surface area is 196 Å². The first-order valence-corrected chi connectivity index (χ1v) is 11.8. The number of fused-ring (bicyclic) bond motifs is 1. The van der Waals surface area contributed by atoms with E-state index >= 15 is 0 Å². The minimum atomic E-state index is -3.79. The van der Waals surface area contributed by atoms with E-state index in [-0.39, 0.29) is 22.3 Å². The molecule has 1 aliphatic rings. The Morgan fingerprint density at radius 1 is 1.06 bits per heavy atom. The van der Waals surface area contributed by atoms with Gasteiger partial charge in [0.2, 0.25) is 5.91 Å². The lowest BCUT2D eigenvalue weighted by molar-refractivity contribution is -0.118. The number of carbonyl (C=O) groups excluding carboxylic acids is 2. The van der Waals surface area contributed by atoms with Gasteiger partial charge in [-0.3, -0.25) is 13.9 Å². The molecule has 0 fully saturated rings. The van der Waals surface area contributed by atoms with E-state index in [2.05, 4.69) is 5.32 Å². The van der Waals surface area contributed by atoms with Crippen molar-refractivity contribution < 1.29 is 22.7 Å². The van der Waals surface area contributed by atoms with Gasteiger partial charge in [0.25, 0.3) is 15.9 Å². The molecule has 2 amide bonds. The van der Waals surface area contributed by atoms with Gasteiger partial charge in [0, 0.05) is 17.8 Å².